The van der Waals surface area contributed by atoms with Gasteiger partial charge in [0.05, 0.1) is 7.11 Å². The standard InChI is InChI=1S/C20H31NO5/c1-7-21(8-2)11-12-25-17(22)13-26-19-16(14(3)4)10-9-15(5)18(19)20(23)24-6/h9-10,14H,7-8,11-13H2,1-6H3. The smallest absolute Gasteiger partial charge is 0.344 e. The summed E-state index contributed by atoms with van der Waals surface area (Å²) in [4.78, 5) is 26.3. The molecule has 146 valence electrons. The summed E-state index contributed by atoms with van der Waals surface area (Å²) in [6.07, 6.45) is 0. The summed E-state index contributed by atoms with van der Waals surface area (Å²) in [5.74, 6) is -0.403. The van der Waals surface area contributed by atoms with Gasteiger partial charge in [-0.15, -0.1) is 0 Å². The van der Waals surface area contributed by atoms with E-state index in [2.05, 4.69) is 18.7 Å². The van der Waals surface area contributed by atoms with Crippen molar-refractivity contribution in [2.45, 2.75) is 40.5 Å². The number of carbonyl (C=O) groups excluding carboxylic acids is 2. The number of ether oxygens (including phenoxy) is 3. The Morgan fingerprint density at radius 3 is 2.35 bits per heavy atom. The number of likely N-dealkylation sites (N-methyl/N-ethyl adjacent to an activating group) is 1. The molecule has 1 aromatic carbocycles. The first-order chi connectivity index (χ1) is 12.3. The maximum atomic E-state index is 12.2. The molecule has 0 amide bonds. The largest absolute Gasteiger partial charge is 0.481 e. The summed E-state index contributed by atoms with van der Waals surface area (Å²) in [6.45, 7) is 12.5. The fourth-order valence-electron chi connectivity index (χ4n) is 2.66. The SMILES string of the molecule is CCN(CC)CCOC(=O)COc1c(C(C)C)ccc(C)c1C(=O)OC. The van der Waals surface area contributed by atoms with Crippen molar-refractivity contribution in [1.29, 1.82) is 0 Å². The normalized spacial score (nSPS) is 10.9. The number of hydrogen-bond acceptors (Lipinski definition) is 6. The number of methoxy groups -OCH3 is 1. The van der Waals surface area contributed by atoms with Crippen LogP contribution in [0, 0.1) is 6.92 Å². The molecule has 0 spiro atoms. The van der Waals surface area contributed by atoms with Crippen LogP contribution in [0.5, 0.6) is 5.75 Å². The third-order valence-electron chi connectivity index (χ3n) is 4.31. The minimum absolute atomic E-state index is 0.132. The molecule has 0 aliphatic carbocycles. The lowest BCUT2D eigenvalue weighted by molar-refractivity contribution is -0.146. The molecule has 6 nitrogen and oxygen atoms in total. The van der Waals surface area contributed by atoms with Crippen molar-refractivity contribution in [2.24, 2.45) is 0 Å². The predicted molar refractivity (Wildman–Crippen MR) is 101 cm³/mol. The van der Waals surface area contributed by atoms with Crippen LogP contribution < -0.4 is 4.74 Å². The molecule has 0 bridgehead atoms. The third kappa shape index (κ3) is 6.02. The summed E-state index contributed by atoms with van der Waals surface area (Å²) >= 11 is 0. The molecule has 0 saturated carbocycles. The summed E-state index contributed by atoms with van der Waals surface area (Å²) in [5, 5.41) is 0. The van der Waals surface area contributed by atoms with Crippen molar-refractivity contribution >= 4 is 11.9 Å². The van der Waals surface area contributed by atoms with Crippen molar-refractivity contribution in [3.8, 4) is 5.75 Å². The van der Waals surface area contributed by atoms with E-state index in [4.69, 9.17) is 14.2 Å². The van der Waals surface area contributed by atoms with E-state index < -0.39 is 11.9 Å². The molecule has 1 aromatic rings. The van der Waals surface area contributed by atoms with E-state index in [1.807, 2.05) is 32.9 Å². The molecule has 0 saturated heterocycles. The van der Waals surface area contributed by atoms with Gasteiger partial charge >= 0.3 is 11.9 Å². The lowest BCUT2D eigenvalue weighted by atomic mass is 9.96. The van der Waals surface area contributed by atoms with Crippen LogP contribution in [0.1, 0.15) is 55.1 Å². The van der Waals surface area contributed by atoms with E-state index in [1.165, 1.54) is 7.11 Å². The number of benzene rings is 1. The van der Waals surface area contributed by atoms with Crippen LogP contribution in [0.3, 0.4) is 0 Å². The molecule has 1 rings (SSSR count). The molecule has 0 aliphatic heterocycles. The lowest BCUT2D eigenvalue weighted by Gasteiger charge is -2.19. The zero-order chi connectivity index (χ0) is 19.7. The van der Waals surface area contributed by atoms with Crippen LogP contribution >= 0.6 is 0 Å². The Hall–Kier alpha value is -2.08. The lowest BCUT2D eigenvalue weighted by Crippen LogP contribution is -2.29. The fraction of sp³-hybridized carbons (Fsp3) is 0.600. The Morgan fingerprint density at radius 2 is 1.81 bits per heavy atom. The maximum absolute atomic E-state index is 12.2. The molecule has 0 N–H and O–H groups in total. The highest BCUT2D eigenvalue weighted by atomic mass is 16.6. The number of rotatable bonds is 10. The minimum atomic E-state index is -0.477. The molecule has 0 aromatic heterocycles. The van der Waals surface area contributed by atoms with Gasteiger partial charge < -0.3 is 19.1 Å². The van der Waals surface area contributed by atoms with Crippen molar-refractivity contribution in [3.05, 3.63) is 28.8 Å². The number of hydrogen-bond donors (Lipinski definition) is 0. The van der Waals surface area contributed by atoms with Crippen molar-refractivity contribution in [3.63, 3.8) is 0 Å². The van der Waals surface area contributed by atoms with Crippen molar-refractivity contribution in [1.82, 2.24) is 4.90 Å². The van der Waals surface area contributed by atoms with Crippen LogP contribution in [0.25, 0.3) is 0 Å². The molecule has 0 unspecified atom stereocenters. The average molecular weight is 365 g/mol. The Balaban J connectivity index is 2.83. The van der Waals surface area contributed by atoms with Crippen LogP contribution in [0.4, 0.5) is 0 Å². The van der Waals surface area contributed by atoms with Gasteiger partial charge in [-0.1, -0.05) is 39.8 Å². The zero-order valence-corrected chi connectivity index (χ0v) is 16.8. The molecular formula is C20H31NO5. The maximum Gasteiger partial charge on any atom is 0.344 e. The average Bonchev–Trinajstić information content (AvgIpc) is 2.62. The topological polar surface area (TPSA) is 65.1 Å². The first kappa shape index (κ1) is 22.0. The van der Waals surface area contributed by atoms with Gasteiger partial charge in [0, 0.05) is 6.54 Å². The zero-order valence-electron chi connectivity index (χ0n) is 16.8. The summed E-state index contributed by atoms with van der Waals surface area (Å²) in [7, 11) is 1.33. The van der Waals surface area contributed by atoms with E-state index in [9.17, 15) is 9.59 Å². The quantitative estimate of drug-likeness (QED) is 0.594. The summed E-state index contributed by atoms with van der Waals surface area (Å²) in [5.41, 5.74) is 1.95. The van der Waals surface area contributed by atoms with Crippen LogP contribution in [-0.2, 0) is 14.3 Å². The summed E-state index contributed by atoms with van der Waals surface area (Å²) < 4.78 is 15.8. The fourth-order valence-corrected chi connectivity index (χ4v) is 2.66. The summed E-state index contributed by atoms with van der Waals surface area (Å²) in [6, 6.07) is 3.77. The van der Waals surface area contributed by atoms with Crippen molar-refractivity contribution in [2.75, 3.05) is 40.0 Å². The van der Waals surface area contributed by atoms with E-state index in [-0.39, 0.29) is 12.5 Å². The third-order valence-corrected chi connectivity index (χ3v) is 4.31. The molecule has 0 aliphatic rings. The van der Waals surface area contributed by atoms with E-state index in [1.54, 1.807) is 0 Å². The second-order valence-electron chi connectivity index (χ2n) is 6.36. The second kappa shape index (κ2) is 10.8. The Kier molecular flexibility index (Phi) is 9.13. The van der Waals surface area contributed by atoms with Gasteiger partial charge in [-0.3, -0.25) is 0 Å². The van der Waals surface area contributed by atoms with E-state index >= 15 is 0 Å². The Morgan fingerprint density at radius 1 is 1.15 bits per heavy atom. The number of nitrogens with zero attached hydrogens (tertiary/aromatic N) is 1. The molecule has 0 fully saturated rings. The first-order valence-electron chi connectivity index (χ1n) is 9.08. The van der Waals surface area contributed by atoms with Gasteiger partial charge in [0.25, 0.3) is 0 Å². The van der Waals surface area contributed by atoms with Crippen molar-refractivity contribution < 1.29 is 23.8 Å². The van der Waals surface area contributed by atoms with Gasteiger partial charge in [-0.25, -0.2) is 9.59 Å². The Labute approximate surface area is 156 Å². The second-order valence-corrected chi connectivity index (χ2v) is 6.36. The highest BCUT2D eigenvalue weighted by Crippen LogP contribution is 2.33. The molecule has 0 heterocycles. The van der Waals surface area contributed by atoms with Gasteiger partial charge in [0.2, 0.25) is 0 Å². The highest BCUT2D eigenvalue weighted by Gasteiger charge is 2.22. The Bertz CT molecular complexity index is 608. The minimum Gasteiger partial charge on any atom is -0.481 e. The molecule has 26 heavy (non-hydrogen) atoms. The number of esters is 2. The van der Waals surface area contributed by atoms with Gasteiger partial charge in [-0.05, 0) is 37.1 Å². The molecule has 0 radical (unpaired) electrons. The van der Waals surface area contributed by atoms with Crippen LogP contribution in [0.15, 0.2) is 12.1 Å². The first-order valence-corrected chi connectivity index (χ1v) is 9.08. The number of carbonyl (C=O) groups is 2. The van der Waals surface area contributed by atoms with Gasteiger partial charge in [0.1, 0.15) is 17.9 Å². The van der Waals surface area contributed by atoms with E-state index in [0.717, 1.165) is 24.2 Å². The predicted octanol–water partition coefficient (Wildman–Crippen LogP) is 3.17. The number of aryl methyl sites for hydroxylation is 1. The van der Waals surface area contributed by atoms with Crippen LogP contribution in [0.2, 0.25) is 0 Å². The van der Waals surface area contributed by atoms with Gasteiger partial charge in [-0.2, -0.15) is 0 Å². The van der Waals surface area contributed by atoms with Crippen LogP contribution in [-0.4, -0.2) is 56.8 Å². The molecular weight excluding hydrogens is 334 g/mol. The van der Waals surface area contributed by atoms with Gasteiger partial charge in [0.15, 0.2) is 6.61 Å². The molecule has 0 atom stereocenters. The monoisotopic (exact) mass is 365 g/mol. The molecule has 6 heteroatoms. The highest BCUT2D eigenvalue weighted by molar-refractivity contribution is 5.94. The van der Waals surface area contributed by atoms with E-state index in [0.29, 0.717) is 24.5 Å².